The number of carbonyl (C=O) groups excluding carboxylic acids is 1. The van der Waals surface area contributed by atoms with Gasteiger partial charge in [-0.3, -0.25) is 4.79 Å². The van der Waals surface area contributed by atoms with Gasteiger partial charge in [0.2, 0.25) is 0 Å². The number of halogens is 1. The molecule has 2 aromatic heterocycles. The SMILES string of the molecule is CC(C)(C)[C@@H]1CCc2c(sc(N=Cc3cc(Cl)ccc3OCc3ccc(C#N)cc3)c2C(=O)NCc2ccco2)C1. The lowest BCUT2D eigenvalue weighted by Gasteiger charge is -2.33. The Hall–Kier alpha value is -3.86. The lowest BCUT2D eigenvalue weighted by Crippen LogP contribution is -2.28. The third kappa shape index (κ3) is 6.90. The van der Waals surface area contributed by atoms with Gasteiger partial charge >= 0.3 is 0 Å². The van der Waals surface area contributed by atoms with Gasteiger partial charge in [0.15, 0.2) is 0 Å². The van der Waals surface area contributed by atoms with Gasteiger partial charge in [0.25, 0.3) is 5.91 Å². The maximum Gasteiger partial charge on any atom is 0.255 e. The Balaban J connectivity index is 1.43. The summed E-state index contributed by atoms with van der Waals surface area (Å²) >= 11 is 7.94. The van der Waals surface area contributed by atoms with E-state index in [1.54, 1.807) is 48.1 Å². The van der Waals surface area contributed by atoms with Crippen molar-refractivity contribution in [2.24, 2.45) is 16.3 Å². The molecule has 0 unspecified atom stereocenters. The van der Waals surface area contributed by atoms with Gasteiger partial charge in [0, 0.05) is 21.7 Å². The molecule has 2 heterocycles. The summed E-state index contributed by atoms with van der Waals surface area (Å²) in [4.78, 5) is 19.6. The molecule has 0 aliphatic heterocycles. The van der Waals surface area contributed by atoms with E-state index in [0.717, 1.165) is 30.4 Å². The van der Waals surface area contributed by atoms with E-state index < -0.39 is 0 Å². The van der Waals surface area contributed by atoms with E-state index in [1.807, 2.05) is 30.3 Å². The lowest BCUT2D eigenvalue weighted by molar-refractivity contribution is 0.0947. The maximum atomic E-state index is 13.5. The van der Waals surface area contributed by atoms with Gasteiger partial charge in [-0.05, 0) is 84.2 Å². The number of amides is 1. The molecule has 4 aromatic rings. The molecule has 6 nitrogen and oxygen atoms in total. The molecule has 1 amide bonds. The average Bonchev–Trinajstić information content (AvgIpc) is 3.61. The second-order valence-corrected chi connectivity index (χ2v) is 12.8. The number of hydrogen-bond acceptors (Lipinski definition) is 6. The Labute approximate surface area is 249 Å². The minimum atomic E-state index is -0.149. The summed E-state index contributed by atoms with van der Waals surface area (Å²) in [5.41, 5.74) is 4.19. The van der Waals surface area contributed by atoms with Gasteiger partial charge in [-0.15, -0.1) is 11.3 Å². The molecule has 2 aromatic carbocycles. The fraction of sp³-hybridized carbons (Fsp3) is 0.303. The number of thiophene rings is 1. The Kier molecular flexibility index (Phi) is 8.63. The number of fused-ring (bicyclic) bond motifs is 1. The Bertz CT molecular complexity index is 1590. The first-order valence-corrected chi connectivity index (χ1v) is 14.8. The van der Waals surface area contributed by atoms with Crippen LogP contribution in [0.2, 0.25) is 5.02 Å². The number of aliphatic imine (C=N–C) groups is 1. The van der Waals surface area contributed by atoms with E-state index in [2.05, 4.69) is 32.2 Å². The number of benzene rings is 2. The monoisotopic (exact) mass is 585 g/mol. The van der Waals surface area contributed by atoms with Crippen molar-refractivity contribution >= 4 is 40.1 Å². The largest absolute Gasteiger partial charge is 0.488 e. The highest BCUT2D eigenvalue weighted by Gasteiger charge is 2.33. The summed E-state index contributed by atoms with van der Waals surface area (Å²) < 4.78 is 11.5. The smallest absolute Gasteiger partial charge is 0.255 e. The highest BCUT2D eigenvalue weighted by Crippen LogP contribution is 2.45. The van der Waals surface area contributed by atoms with Gasteiger partial charge in [-0.1, -0.05) is 44.5 Å². The molecule has 0 fully saturated rings. The highest BCUT2D eigenvalue weighted by atomic mass is 35.5. The summed E-state index contributed by atoms with van der Waals surface area (Å²) in [6.45, 7) is 7.49. The number of carbonyl (C=O) groups is 1. The number of nitriles is 1. The first-order chi connectivity index (χ1) is 19.7. The van der Waals surface area contributed by atoms with E-state index in [4.69, 9.17) is 31.0 Å². The van der Waals surface area contributed by atoms with Gasteiger partial charge < -0.3 is 14.5 Å². The Morgan fingerprint density at radius 2 is 2.05 bits per heavy atom. The topological polar surface area (TPSA) is 87.6 Å². The van der Waals surface area contributed by atoms with Crippen LogP contribution in [0.25, 0.3) is 0 Å². The minimum Gasteiger partial charge on any atom is -0.488 e. The van der Waals surface area contributed by atoms with Crippen molar-refractivity contribution in [2.75, 3.05) is 0 Å². The van der Waals surface area contributed by atoms with E-state index in [0.29, 0.717) is 57.3 Å². The molecular formula is C33H32ClN3O3S. The fourth-order valence-corrected chi connectivity index (χ4v) is 6.47. The normalized spacial score (nSPS) is 15.0. The first kappa shape index (κ1) is 28.7. The predicted molar refractivity (Wildman–Crippen MR) is 163 cm³/mol. The van der Waals surface area contributed by atoms with Crippen LogP contribution in [0.3, 0.4) is 0 Å². The molecule has 1 aliphatic carbocycles. The molecule has 1 N–H and O–H groups in total. The number of nitrogens with zero attached hydrogens (tertiary/aromatic N) is 2. The van der Waals surface area contributed by atoms with Crippen LogP contribution in [-0.2, 0) is 26.0 Å². The molecule has 210 valence electrons. The van der Waals surface area contributed by atoms with Crippen LogP contribution >= 0.6 is 22.9 Å². The molecule has 0 saturated carbocycles. The van der Waals surface area contributed by atoms with Gasteiger partial charge in [0.1, 0.15) is 23.1 Å². The van der Waals surface area contributed by atoms with Crippen molar-refractivity contribution in [3.8, 4) is 11.8 Å². The van der Waals surface area contributed by atoms with Crippen LogP contribution < -0.4 is 10.1 Å². The van der Waals surface area contributed by atoms with Crippen LogP contribution in [0.5, 0.6) is 5.75 Å². The number of hydrogen-bond donors (Lipinski definition) is 1. The minimum absolute atomic E-state index is 0.149. The standard InChI is InChI=1S/C33H32ClN3O3S/c1-33(2,3)24-10-12-27-29(16-24)41-32(30(27)31(38)36-19-26-5-4-14-39-26)37-18-23-15-25(34)11-13-28(23)40-20-22-8-6-21(17-35)7-9-22/h4-9,11,13-15,18,24H,10,12,16,19-20H2,1-3H3,(H,36,38)/t24-/m1/s1. The van der Waals surface area contributed by atoms with E-state index in [-0.39, 0.29) is 11.3 Å². The third-order valence-corrected chi connectivity index (χ3v) is 8.87. The average molecular weight is 586 g/mol. The zero-order chi connectivity index (χ0) is 29.0. The van der Waals surface area contributed by atoms with Gasteiger partial charge in [-0.25, -0.2) is 4.99 Å². The number of rotatable bonds is 8. The van der Waals surface area contributed by atoms with Gasteiger partial charge in [0.05, 0.1) is 30.0 Å². The second-order valence-electron chi connectivity index (χ2n) is 11.3. The zero-order valence-corrected chi connectivity index (χ0v) is 24.9. The Morgan fingerprint density at radius 1 is 1.24 bits per heavy atom. The molecule has 0 bridgehead atoms. The predicted octanol–water partition coefficient (Wildman–Crippen LogP) is 8.28. The van der Waals surface area contributed by atoms with E-state index >= 15 is 0 Å². The summed E-state index contributed by atoms with van der Waals surface area (Å²) in [6, 6.07) is 18.5. The van der Waals surface area contributed by atoms with Crippen LogP contribution in [0.4, 0.5) is 5.00 Å². The van der Waals surface area contributed by atoms with Crippen LogP contribution in [-0.4, -0.2) is 12.1 Å². The van der Waals surface area contributed by atoms with Gasteiger partial charge in [-0.2, -0.15) is 5.26 Å². The highest BCUT2D eigenvalue weighted by molar-refractivity contribution is 7.16. The van der Waals surface area contributed by atoms with Crippen LogP contribution in [0.15, 0.2) is 70.3 Å². The molecule has 0 saturated heterocycles. The number of ether oxygens (including phenoxy) is 1. The first-order valence-electron chi connectivity index (χ1n) is 13.6. The number of nitrogens with one attached hydrogen (secondary N) is 1. The summed E-state index contributed by atoms with van der Waals surface area (Å²) in [7, 11) is 0. The summed E-state index contributed by atoms with van der Waals surface area (Å²) in [6.07, 6.45) is 6.15. The molecule has 8 heteroatoms. The van der Waals surface area contributed by atoms with E-state index in [1.165, 1.54) is 4.88 Å². The number of furan rings is 1. The van der Waals surface area contributed by atoms with Crippen LogP contribution in [0.1, 0.15) is 70.4 Å². The molecular weight excluding hydrogens is 554 g/mol. The lowest BCUT2D eigenvalue weighted by atomic mass is 9.72. The van der Waals surface area contributed by atoms with Crippen molar-refractivity contribution in [2.45, 2.75) is 53.2 Å². The van der Waals surface area contributed by atoms with Crippen molar-refractivity contribution in [1.82, 2.24) is 5.32 Å². The molecule has 1 aliphatic rings. The molecule has 1 atom stereocenters. The van der Waals surface area contributed by atoms with Crippen molar-refractivity contribution in [3.63, 3.8) is 0 Å². The molecule has 0 radical (unpaired) electrons. The zero-order valence-electron chi connectivity index (χ0n) is 23.4. The third-order valence-electron chi connectivity index (χ3n) is 7.47. The van der Waals surface area contributed by atoms with E-state index in [9.17, 15) is 4.79 Å². The fourth-order valence-electron chi connectivity index (χ4n) is 5.02. The Morgan fingerprint density at radius 3 is 2.76 bits per heavy atom. The molecule has 41 heavy (non-hydrogen) atoms. The second kappa shape index (κ2) is 12.3. The maximum absolute atomic E-state index is 13.5. The van der Waals surface area contributed by atoms with Crippen LogP contribution in [0, 0.1) is 22.7 Å². The van der Waals surface area contributed by atoms with Crippen molar-refractivity contribution in [1.29, 1.82) is 5.26 Å². The summed E-state index contributed by atoms with van der Waals surface area (Å²) in [5.74, 6) is 1.71. The molecule has 0 spiro atoms. The summed E-state index contributed by atoms with van der Waals surface area (Å²) in [5, 5.41) is 13.3. The van der Waals surface area contributed by atoms with Crippen molar-refractivity contribution in [3.05, 3.63) is 104 Å². The van der Waals surface area contributed by atoms with Crippen molar-refractivity contribution < 1.29 is 13.9 Å². The quantitative estimate of drug-likeness (QED) is 0.211. The molecule has 5 rings (SSSR count).